The zero-order chi connectivity index (χ0) is 30.7. The van der Waals surface area contributed by atoms with Crippen LogP contribution in [0, 0.1) is 0 Å². The molecule has 11 heteroatoms. The molecule has 232 valence electrons. The van der Waals surface area contributed by atoms with Crippen molar-refractivity contribution >= 4 is 40.4 Å². The molecule has 2 heterocycles. The second-order valence-electron chi connectivity index (χ2n) is 10.6. The van der Waals surface area contributed by atoms with E-state index in [4.69, 9.17) is 23.7 Å². The molecule has 0 saturated carbocycles. The second-order valence-corrected chi connectivity index (χ2v) is 10.6. The fourth-order valence-corrected chi connectivity index (χ4v) is 5.09. The number of nitrogens with zero attached hydrogens (tertiary/aromatic N) is 2. The summed E-state index contributed by atoms with van der Waals surface area (Å²) < 4.78 is 23.4. The highest BCUT2D eigenvalue weighted by Crippen LogP contribution is 2.33. The zero-order valence-corrected chi connectivity index (χ0v) is 24.8. The number of carbonyl (C=O) groups is 2. The number of fused-ring (bicyclic) bond motifs is 1. The van der Waals surface area contributed by atoms with Crippen molar-refractivity contribution < 1.29 is 33.3 Å². The molecule has 1 amide bonds. The molecule has 0 atom stereocenters. The number of hydrogen-bond donors (Lipinski definition) is 3. The first-order valence-corrected chi connectivity index (χ1v) is 14.9. The number of carboxylic acids is 1. The largest absolute Gasteiger partial charge is 0.494 e. The number of ether oxygens (including phenoxy) is 3. The Labute approximate surface area is 256 Å². The Balaban J connectivity index is 1.24. The summed E-state index contributed by atoms with van der Waals surface area (Å²) in [7, 11) is 1.55. The van der Waals surface area contributed by atoms with Gasteiger partial charge in [0.25, 0.3) is 6.01 Å². The molecule has 3 N–H and O–H groups in total. The molecule has 1 fully saturated rings. The minimum atomic E-state index is -0.878. The van der Waals surface area contributed by atoms with Gasteiger partial charge in [0.15, 0.2) is 22.6 Å². The summed E-state index contributed by atoms with van der Waals surface area (Å²) in [5.41, 5.74) is 3.11. The van der Waals surface area contributed by atoms with Crippen LogP contribution in [0.2, 0.25) is 0 Å². The molecule has 0 unspecified atom stereocenters. The van der Waals surface area contributed by atoms with E-state index in [1.54, 1.807) is 37.4 Å². The highest BCUT2D eigenvalue weighted by atomic mass is 16.5. The highest BCUT2D eigenvalue weighted by Gasteiger charge is 2.16. The van der Waals surface area contributed by atoms with E-state index in [0.29, 0.717) is 58.6 Å². The number of anilines is 3. The van der Waals surface area contributed by atoms with E-state index in [1.807, 2.05) is 30.3 Å². The van der Waals surface area contributed by atoms with Crippen LogP contribution in [0.25, 0.3) is 11.1 Å². The number of benzene rings is 3. The number of methoxy groups -OCH3 is 1. The molecular formula is C33H38N4O7. The van der Waals surface area contributed by atoms with Crippen molar-refractivity contribution in [3.8, 4) is 17.2 Å². The van der Waals surface area contributed by atoms with Crippen LogP contribution in [0.15, 0.2) is 65.1 Å². The number of amides is 1. The summed E-state index contributed by atoms with van der Waals surface area (Å²) in [5.74, 6) is 0.379. The normalized spacial score (nSPS) is 13.4. The maximum Gasteiger partial charge on any atom is 0.303 e. The lowest BCUT2D eigenvalue weighted by atomic mass is 10.1. The van der Waals surface area contributed by atoms with E-state index in [2.05, 4.69) is 20.5 Å². The molecule has 0 aliphatic carbocycles. The van der Waals surface area contributed by atoms with Crippen LogP contribution >= 0.6 is 0 Å². The number of rotatable bonds is 15. The number of carboxylic acid groups (broad SMARTS) is 1. The standard InChI is InChI=1S/C33H38N4O7/c1-41-28-19-23(20-29-32(28)36-33(44-29)35-24-9-4-2-5-10-24)21-30(38)34-25-12-13-26(27(22-25)42-17-8-11-31(39)40)43-18-16-37-14-6-3-7-15-37/h2,4-5,9-10,12-13,19-20,22H,3,6-8,11,14-18,21H2,1H3,(H,34,38)(H,35,36)(H,39,40). The summed E-state index contributed by atoms with van der Waals surface area (Å²) in [6.07, 6.45) is 4.11. The van der Waals surface area contributed by atoms with Crippen molar-refractivity contribution in [1.82, 2.24) is 9.88 Å². The molecule has 1 aliphatic heterocycles. The van der Waals surface area contributed by atoms with Gasteiger partial charge in [-0.3, -0.25) is 14.5 Å². The molecule has 1 aliphatic rings. The predicted molar refractivity (Wildman–Crippen MR) is 167 cm³/mol. The van der Waals surface area contributed by atoms with Crippen LogP contribution in [-0.4, -0.2) is 66.8 Å². The van der Waals surface area contributed by atoms with Gasteiger partial charge in [-0.15, -0.1) is 0 Å². The van der Waals surface area contributed by atoms with E-state index < -0.39 is 5.97 Å². The lowest BCUT2D eigenvalue weighted by Crippen LogP contribution is -2.33. The number of piperidine rings is 1. The number of likely N-dealkylation sites (tertiary alicyclic amines) is 1. The quantitative estimate of drug-likeness (QED) is 0.142. The number of oxazole rings is 1. The smallest absolute Gasteiger partial charge is 0.303 e. The SMILES string of the molecule is COc1cc(CC(=O)Nc2ccc(OCCN3CCCCC3)c(OCCCC(=O)O)c2)cc2oc(Nc3ccccc3)nc12. The summed E-state index contributed by atoms with van der Waals surface area (Å²) in [5, 5.41) is 15.0. The first kappa shape index (κ1) is 30.7. The molecule has 1 saturated heterocycles. The van der Waals surface area contributed by atoms with Crippen LogP contribution in [0.1, 0.15) is 37.7 Å². The molecule has 44 heavy (non-hydrogen) atoms. The third-order valence-corrected chi connectivity index (χ3v) is 7.26. The minimum Gasteiger partial charge on any atom is -0.494 e. The molecule has 0 radical (unpaired) electrons. The van der Waals surface area contributed by atoms with Gasteiger partial charge in [-0.25, -0.2) is 0 Å². The molecule has 1 aromatic heterocycles. The van der Waals surface area contributed by atoms with Crippen molar-refractivity contribution in [3.63, 3.8) is 0 Å². The Morgan fingerprint density at radius 2 is 1.73 bits per heavy atom. The van der Waals surface area contributed by atoms with Gasteiger partial charge in [0.05, 0.1) is 20.1 Å². The average Bonchev–Trinajstić information content (AvgIpc) is 3.43. The lowest BCUT2D eigenvalue weighted by Gasteiger charge is -2.26. The van der Waals surface area contributed by atoms with Gasteiger partial charge in [-0.1, -0.05) is 24.6 Å². The second kappa shape index (κ2) is 15.1. The Hall–Kier alpha value is -4.77. The number of aromatic nitrogens is 1. The molecule has 0 spiro atoms. The Kier molecular flexibility index (Phi) is 10.5. The van der Waals surface area contributed by atoms with Gasteiger partial charge in [0.2, 0.25) is 5.91 Å². The molecule has 5 rings (SSSR count). The zero-order valence-electron chi connectivity index (χ0n) is 24.8. The Morgan fingerprint density at radius 3 is 2.50 bits per heavy atom. The molecule has 11 nitrogen and oxygen atoms in total. The van der Waals surface area contributed by atoms with E-state index in [0.717, 1.165) is 25.3 Å². The van der Waals surface area contributed by atoms with Gasteiger partial charge in [-0.2, -0.15) is 4.98 Å². The van der Waals surface area contributed by atoms with Crippen LogP contribution in [0.4, 0.5) is 17.4 Å². The highest BCUT2D eigenvalue weighted by molar-refractivity contribution is 5.93. The maximum absolute atomic E-state index is 13.1. The van der Waals surface area contributed by atoms with Gasteiger partial charge in [0.1, 0.15) is 12.4 Å². The van der Waals surface area contributed by atoms with Crippen molar-refractivity contribution in [2.45, 2.75) is 38.5 Å². The Bertz CT molecular complexity index is 1550. The number of para-hydroxylation sites is 1. The number of nitrogens with one attached hydrogen (secondary N) is 2. The van der Waals surface area contributed by atoms with E-state index in [-0.39, 0.29) is 25.4 Å². The van der Waals surface area contributed by atoms with Crippen LogP contribution < -0.4 is 24.8 Å². The van der Waals surface area contributed by atoms with E-state index in [1.165, 1.54) is 19.3 Å². The van der Waals surface area contributed by atoms with Crippen LogP contribution in [0.5, 0.6) is 17.2 Å². The summed E-state index contributed by atoms with van der Waals surface area (Å²) >= 11 is 0. The van der Waals surface area contributed by atoms with Crippen molar-refractivity contribution in [1.29, 1.82) is 0 Å². The van der Waals surface area contributed by atoms with Gasteiger partial charge >= 0.3 is 5.97 Å². The fourth-order valence-electron chi connectivity index (χ4n) is 5.09. The summed E-state index contributed by atoms with van der Waals surface area (Å²) in [4.78, 5) is 30.9. The first-order valence-electron chi connectivity index (χ1n) is 14.9. The number of hydrogen-bond acceptors (Lipinski definition) is 9. The monoisotopic (exact) mass is 602 g/mol. The van der Waals surface area contributed by atoms with Crippen LogP contribution in [0.3, 0.4) is 0 Å². The molecule has 4 aromatic rings. The summed E-state index contributed by atoms with van der Waals surface area (Å²) in [6, 6.07) is 18.7. The Morgan fingerprint density at radius 1 is 0.932 bits per heavy atom. The fraction of sp³-hybridized carbons (Fsp3) is 0.364. The summed E-state index contributed by atoms with van der Waals surface area (Å²) in [6.45, 7) is 3.69. The van der Waals surface area contributed by atoms with E-state index in [9.17, 15) is 9.59 Å². The topological polar surface area (TPSA) is 135 Å². The molecule has 0 bridgehead atoms. The number of aliphatic carboxylic acids is 1. The minimum absolute atomic E-state index is 0.00435. The predicted octanol–water partition coefficient (Wildman–Crippen LogP) is 5.87. The van der Waals surface area contributed by atoms with Gasteiger partial charge in [-0.05, 0) is 74.3 Å². The molecule has 3 aromatic carbocycles. The lowest BCUT2D eigenvalue weighted by molar-refractivity contribution is -0.137. The maximum atomic E-state index is 13.1. The first-order chi connectivity index (χ1) is 21.5. The van der Waals surface area contributed by atoms with Gasteiger partial charge in [0, 0.05) is 30.4 Å². The number of carbonyl (C=O) groups excluding carboxylic acids is 1. The van der Waals surface area contributed by atoms with Crippen molar-refractivity contribution in [3.05, 3.63) is 66.2 Å². The third-order valence-electron chi connectivity index (χ3n) is 7.26. The third kappa shape index (κ3) is 8.63. The van der Waals surface area contributed by atoms with Gasteiger partial charge < -0.3 is 34.4 Å². The van der Waals surface area contributed by atoms with Crippen molar-refractivity contribution in [2.24, 2.45) is 0 Å². The molecular weight excluding hydrogens is 564 g/mol. The average molecular weight is 603 g/mol. The van der Waals surface area contributed by atoms with E-state index >= 15 is 0 Å². The van der Waals surface area contributed by atoms with Crippen molar-refractivity contribution in [2.75, 3.05) is 50.6 Å². The van der Waals surface area contributed by atoms with Crippen LogP contribution in [-0.2, 0) is 16.0 Å².